The van der Waals surface area contributed by atoms with E-state index < -0.39 is 0 Å². The molecule has 1 aromatic heterocycles. The Labute approximate surface area is 195 Å². The number of likely N-dealkylation sites (N-methyl/N-ethyl adjacent to an activating group) is 1. The lowest BCUT2D eigenvalue weighted by atomic mass is 9.95. The van der Waals surface area contributed by atoms with Gasteiger partial charge in [-0.1, -0.05) is 49.4 Å². The Balaban J connectivity index is 1.80. The number of hydrogen-bond donors (Lipinski definition) is 1. The number of methoxy groups -OCH3 is 1. The van der Waals surface area contributed by atoms with E-state index in [4.69, 9.17) is 4.74 Å². The molecule has 33 heavy (non-hydrogen) atoms. The fourth-order valence-electron chi connectivity index (χ4n) is 4.67. The Bertz CT molecular complexity index is 1120. The van der Waals surface area contributed by atoms with Crippen LogP contribution < -0.4 is 10.3 Å². The molecule has 0 aliphatic carbocycles. The van der Waals surface area contributed by atoms with E-state index in [2.05, 4.69) is 16.7 Å². The summed E-state index contributed by atoms with van der Waals surface area (Å²) in [5.74, 6) is 0.823. The fraction of sp³-hybridized carbons (Fsp3) is 0.370. The molecule has 1 saturated heterocycles. The van der Waals surface area contributed by atoms with Crippen LogP contribution in [0.3, 0.4) is 0 Å². The van der Waals surface area contributed by atoms with E-state index >= 15 is 0 Å². The number of ether oxygens (including phenoxy) is 1. The van der Waals surface area contributed by atoms with Crippen LogP contribution >= 0.6 is 0 Å². The van der Waals surface area contributed by atoms with Gasteiger partial charge in [0.1, 0.15) is 11.5 Å². The van der Waals surface area contributed by atoms with E-state index in [1.54, 1.807) is 17.7 Å². The van der Waals surface area contributed by atoms with Gasteiger partial charge < -0.3 is 19.3 Å². The Morgan fingerprint density at radius 1 is 1.00 bits per heavy atom. The molecule has 0 radical (unpaired) electrons. The van der Waals surface area contributed by atoms with E-state index in [1.807, 2.05) is 61.5 Å². The molecule has 6 nitrogen and oxygen atoms in total. The van der Waals surface area contributed by atoms with Crippen molar-refractivity contribution in [3.63, 3.8) is 0 Å². The molecule has 1 aliphatic heterocycles. The van der Waals surface area contributed by atoms with Crippen molar-refractivity contribution >= 4 is 0 Å². The summed E-state index contributed by atoms with van der Waals surface area (Å²) in [5, 5.41) is 11.0. The van der Waals surface area contributed by atoms with Gasteiger partial charge in [-0.05, 0) is 42.8 Å². The molecule has 6 heteroatoms. The van der Waals surface area contributed by atoms with Crippen molar-refractivity contribution in [2.45, 2.75) is 26.4 Å². The normalized spacial score (nSPS) is 16.0. The van der Waals surface area contributed by atoms with E-state index in [1.165, 1.54) is 0 Å². The van der Waals surface area contributed by atoms with E-state index in [0.29, 0.717) is 12.1 Å². The van der Waals surface area contributed by atoms with Crippen LogP contribution in [0.1, 0.15) is 35.3 Å². The average Bonchev–Trinajstić information content (AvgIpc) is 2.85. The first-order valence-corrected chi connectivity index (χ1v) is 11.6. The molecule has 0 amide bonds. The number of nitrogens with zero attached hydrogens (tertiary/aromatic N) is 3. The van der Waals surface area contributed by atoms with Gasteiger partial charge >= 0.3 is 0 Å². The zero-order chi connectivity index (χ0) is 23.4. The Hall–Kier alpha value is -3.09. The zero-order valence-electron chi connectivity index (χ0n) is 19.7. The largest absolute Gasteiger partial charge is 0.507 e. The average molecular weight is 448 g/mol. The molecule has 2 aromatic carbocycles. The topological polar surface area (TPSA) is 57.9 Å². The minimum absolute atomic E-state index is 0.0561. The van der Waals surface area contributed by atoms with Crippen molar-refractivity contribution in [1.29, 1.82) is 0 Å². The minimum atomic E-state index is -0.329. The summed E-state index contributed by atoms with van der Waals surface area (Å²) in [4.78, 5) is 18.6. The zero-order valence-corrected chi connectivity index (χ0v) is 19.7. The maximum atomic E-state index is 13.9. The molecular formula is C27H33N3O3. The van der Waals surface area contributed by atoms with Gasteiger partial charge in [-0.2, -0.15) is 0 Å². The summed E-state index contributed by atoms with van der Waals surface area (Å²) in [6.07, 6.45) is 0. The quantitative estimate of drug-likeness (QED) is 0.599. The van der Waals surface area contributed by atoms with Crippen molar-refractivity contribution < 1.29 is 9.84 Å². The molecule has 0 saturated carbocycles. The van der Waals surface area contributed by atoms with Crippen molar-refractivity contribution in [2.75, 3.05) is 39.8 Å². The van der Waals surface area contributed by atoms with Gasteiger partial charge in [0.15, 0.2) is 0 Å². The first kappa shape index (κ1) is 23.1. The lowest BCUT2D eigenvalue weighted by molar-refractivity contribution is 0.111. The molecule has 174 valence electrons. The summed E-state index contributed by atoms with van der Waals surface area (Å²) < 4.78 is 7.11. The number of pyridine rings is 1. The number of hydrogen-bond acceptors (Lipinski definition) is 5. The Morgan fingerprint density at radius 2 is 1.67 bits per heavy atom. The third-order valence-electron chi connectivity index (χ3n) is 6.63. The molecule has 1 atom stereocenters. The molecule has 2 heterocycles. The second-order valence-corrected chi connectivity index (χ2v) is 8.61. The first-order valence-electron chi connectivity index (χ1n) is 11.6. The molecule has 1 fully saturated rings. The van der Waals surface area contributed by atoms with Crippen LogP contribution in [-0.2, 0) is 6.54 Å². The Kier molecular flexibility index (Phi) is 7.16. The number of aryl methyl sites for hydroxylation is 1. The van der Waals surface area contributed by atoms with Crippen LogP contribution in [0.5, 0.6) is 11.5 Å². The number of piperazine rings is 1. The maximum Gasteiger partial charge on any atom is 0.259 e. The standard InChI is InChI=1S/C27H33N3O3/c1-4-28-14-16-29(17-15-28)26(22-10-12-23(33-3)13-11-22)25-24(31)18-20(2)30(27(25)32)19-21-8-6-5-7-9-21/h5-13,18,26,31H,4,14-17,19H2,1-3H3/t26-/m0/s1. The molecule has 0 unspecified atom stereocenters. The first-order chi connectivity index (χ1) is 16.0. The van der Waals surface area contributed by atoms with Gasteiger partial charge in [0.2, 0.25) is 0 Å². The van der Waals surface area contributed by atoms with Crippen LogP contribution in [0.25, 0.3) is 0 Å². The second-order valence-electron chi connectivity index (χ2n) is 8.61. The predicted octanol–water partition coefficient (Wildman–Crippen LogP) is 3.65. The number of aromatic nitrogens is 1. The lowest BCUT2D eigenvalue weighted by Crippen LogP contribution is -2.48. The highest BCUT2D eigenvalue weighted by molar-refractivity contribution is 5.42. The summed E-state index contributed by atoms with van der Waals surface area (Å²) in [6.45, 7) is 9.06. The monoisotopic (exact) mass is 447 g/mol. The van der Waals surface area contributed by atoms with Crippen LogP contribution in [0.4, 0.5) is 0 Å². The number of rotatable bonds is 7. The minimum Gasteiger partial charge on any atom is -0.507 e. The van der Waals surface area contributed by atoms with Gasteiger partial charge in [-0.3, -0.25) is 9.69 Å². The molecule has 0 spiro atoms. The highest BCUT2D eigenvalue weighted by atomic mass is 16.5. The summed E-state index contributed by atoms with van der Waals surface area (Å²) in [5.41, 5.74) is 3.07. The molecule has 4 rings (SSSR count). The highest BCUT2D eigenvalue weighted by Gasteiger charge is 2.31. The van der Waals surface area contributed by atoms with Crippen LogP contribution in [0, 0.1) is 6.92 Å². The van der Waals surface area contributed by atoms with Gasteiger partial charge in [0.25, 0.3) is 5.56 Å². The molecular weight excluding hydrogens is 414 g/mol. The summed E-state index contributed by atoms with van der Waals surface area (Å²) in [6, 6.07) is 19.2. The van der Waals surface area contributed by atoms with E-state index in [-0.39, 0.29) is 17.4 Å². The smallest absolute Gasteiger partial charge is 0.259 e. The van der Waals surface area contributed by atoms with E-state index in [0.717, 1.165) is 55.3 Å². The van der Waals surface area contributed by atoms with Gasteiger partial charge in [-0.25, -0.2) is 0 Å². The SMILES string of the molecule is CCN1CCN([C@@H](c2ccc(OC)cc2)c2c(O)cc(C)n(Cc3ccccc3)c2=O)CC1. The Morgan fingerprint density at radius 3 is 2.27 bits per heavy atom. The molecule has 3 aromatic rings. The summed E-state index contributed by atoms with van der Waals surface area (Å²) >= 11 is 0. The van der Waals surface area contributed by atoms with Gasteiger partial charge in [-0.15, -0.1) is 0 Å². The van der Waals surface area contributed by atoms with Crippen molar-refractivity contribution in [3.8, 4) is 11.5 Å². The van der Waals surface area contributed by atoms with Gasteiger partial charge in [0, 0.05) is 31.9 Å². The summed E-state index contributed by atoms with van der Waals surface area (Å²) in [7, 11) is 1.64. The third-order valence-corrected chi connectivity index (χ3v) is 6.63. The number of aromatic hydroxyl groups is 1. The predicted molar refractivity (Wildman–Crippen MR) is 131 cm³/mol. The van der Waals surface area contributed by atoms with Crippen molar-refractivity contribution in [2.24, 2.45) is 0 Å². The maximum absolute atomic E-state index is 13.9. The number of benzene rings is 2. The molecule has 1 N–H and O–H groups in total. The van der Waals surface area contributed by atoms with Crippen molar-refractivity contribution in [3.05, 3.63) is 93.4 Å². The third kappa shape index (κ3) is 4.97. The second kappa shape index (κ2) is 10.2. The molecule has 0 bridgehead atoms. The lowest BCUT2D eigenvalue weighted by Gasteiger charge is -2.39. The fourth-order valence-corrected chi connectivity index (χ4v) is 4.67. The van der Waals surface area contributed by atoms with Crippen LogP contribution in [-0.4, -0.2) is 59.3 Å². The molecule has 1 aliphatic rings. The van der Waals surface area contributed by atoms with Crippen molar-refractivity contribution in [1.82, 2.24) is 14.4 Å². The highest BCUT2D eigenvalue weighted by Crippen LogP contribution is 2.34. The van der Waals surface area contributed by atoms with E-state index in [9.17, 15) is 9.90 Å². The van der Waals surface area contributed by atoms with Crippen LogP contribution in [0.15, 0.2) is 65.5 Å². The van der Waals surface area contributed by atoms with Crippen LogP contribution in [0.2, 0.25) is 0 Å². The van der Waals surface area contributed by atoms with Gasteiger partial charge in [0.05, 0.1) is 25.3 Å².